The lowest BCUT2D eigenvalue weighted by Gasteiger charge is -2.63. The van der Waals surface area contributed by atoms with Gasteiger partial charge in [0.1, 0.15) is 0 Å². The van der Waals surface area contributed by atoms with Crippen molar-refractivity contribution in [2.45, 2.75) is 44.8 Å². The Morgan fingerprint density at radius 1 is 1.35 bits per heavy atom. The van der Waals surface area contributed by atoms with Crippen LogP contribution in [0.5, 0.6) is 11.5 Å². The summed E-state index contributed by atoms with van der Waals surface area (Å²) in [6.45, 7) is 3.46. The van der Waals surface area contributed by atoms with Gasteiger partial charge in [0.15, 0.2) is 17.5 Å². The Labute approximate surface area is 155 Å². The van der Waals surface area contributed by atoms with E-state index < -0.39 is 0 Å². The minimum absolute atomic E-state index is 0.329. The van der Waals surface area contributed by atoms with Crippen LogP contribution in [-0.2, 0) is 4.74 Å². The summed E-state index contributed by atoms with van der Waals surface area (Å²) in [4.78, 5) is 4.44. The smallest absolute Gasteiger partial charge is 0.195 e. The molecule has 1 aliphatic heterocycles. The first-order valence-electron chi connectivity index (χ1n) is 9.64. The number of anilines is 1. The molecule has 142 valence electrons. The van der Waals surface area contributed by atoms with Gasteiger partial charge in [0, 0.05) is 42.8 Å². The van der Waals surface area contributed by atoms with Gasteiger partial charge in [-0.2, -0.15) is 0 Å². The third-order valence-corrected chi connectivity index (χ3v) is 6.28. The lowest BCUT2D eigenvalue weighted by molar-refractivity contribution is -0.171. The van der Waals surface area contributed by atoms with E-state index in [-0.39, 0.29) is 0 Å². The third-order valence-electron chi connectivity index (χ3n) is 6.28. The molecule has 6 nitrogen and oxygen atoms in total. The van der Waals surface area contributed by atoms with Gasteiger partial charge in [0.2, 0.25) is 0 Å². The Morgan fingerprint density at radius 2 is 2.19 bits per heavy atom. The fourth-order valence-corrected chi connectivity index (χ4v) is 4.92. The molecule has 1 saturated heterocycles. The molecule has 6 heteroatoms. The van der Waals surface area contributed by atoms with Crippen LogP contribution in [0.25, 0.3) is 0 Å². The van der Waals surface area contributed by atoms with Gasteiger partial charge in [-0.3, -0.25) is 4.99 Å². The second kappa shape index (κ2) is 6.99. The highest BCUT2D eigenvalue weighted by atomic mass is 16.5. The van der Waals surface area contributed by atoms with Gasteiger partial charge in [-0.15, -0.1) is 0 Å². The van der Waals surface area contributed by atoms with Crippen LogP contribution in [-0.4, -0.2) is 45.5 Å². The summed E-state index contributed by atoms with van der Waals surface area (Å²) in [5.74, 6) is 2.89. The third kappa shape index (κ3) is 2.71. The molecule has 26 heavy (non-hydrogen) atoms. The molecule has 1 aromatic carbocycles. The summed E-state index contributed by atoms with van der Waals surface area (Å²) >= 11 is 0. The number of fused-ring (bicyclic) bond motifs is 2. The molecule has 2 saturated carbocycles. The first-order chi connectivity index (χ1) is 12.7. The highest BCUT2D eigenvalue weighted by Crippen LogP contribution is 2.62. The second-order valence-electron chi connectivity index (χ2n) is 7.45. The minimum atomic E-state index is 0.329. The van der Waals surface area contributed by atoms with Crippen molar-refractivity contribution in [1.29, 1.82) is 0 Å². The van der Waals surface area contributed by atoms with Gasteiger partial charge in [0.25, 0.3) is 0 Å². The highest BCUT2D eigenvalue weighted by Gasteiger charge is 2.66. The predicted octanol–water partition coefficient (Wildman–Crippen LogP) is 3.04. The van der Waals surface area contributed by atoms with Crippen LogP contribution in [0.2, 0.25) is 0 Å². The average Bonchev–Trinajstić information content (AvgIpc) is 3.03. The van der Waals surface area contributed by atoms with E-state index in [4.69, 9.17) is 14.2 Å². The van der Waals surface area contributed by atoms with Gasteiger partial charge in [-0.1, -0.05) is 6.42 Å². The summed E-state index contributed by atoms with van der Waals surface area (Å²) in [5, 5.41) is 7.09. The number of nitrogens with zero attached hydrogens (tertiary/aromatic N) is 1. The van der Waals surface area contributed by atoms with Crippen molar-refractivity contribution in [1.82, 2.24) is 5.32 Å². The maximum absolute atomic E-state index is 6.01. The van der Waals surface area contributed by atoms with Crippen LogP contribution in [0, 0.1) is 11.3 Å². The summed E-state index contributed by atoms with van der Waals surface area (Å²) in [6, 6.07) is 6.31. The molecule has 3 aliphatic rings. The average molecular weight is 359 g/mol. The standard InChI is InChI=1S/C20H29N3O3/c1-4-25-16-12-13(6-7-15(16)24-3)22-19(21-2)23-17-14-8-11-26-18(14)20(17)9-5-10-20/h6-7,12,14,17-18H,4-5,8-11H2,1-3H3,(H2,21,22,23). The molecule has 1 aromatic rings. The molecular formula is C20H29N3O3. The molecule has 1 heterocycles. The zero-order valence-electron chi connectivity index (χ0n) is 15.9. The quantitative estimate of drug-likeness (QED) is 0.625. The zero-order chi connectivity index (χ0) is 18.1. The molecule has 3 unspecified atom stereocenters. The maximum Gasteiger partial charge on any atom is 0.195 e. The van der Waals surface area contributed by atoms with Gasteiger partial charge < -0.3 is 24.8 Å². The molecule has 0 bridgehead atoms. The van der Waals surface area contributed by atoms with E-state index in [9.17, 15) is 0 Å². The normalized spacial score (nSPS) is 28.7. The number of ether oxygens (including phenoxy) is 3. The Bertz CT molecular complexity index is 687. The van der Waals surface area contributed by atoms with Crippen molar-refractivity contribution in [3.05, 3.63) is 18.2 Å². The fraction of sp³-hybridized carbons (Fsp3) is 0.650. The SMILES string of the molecule is CCOc1cc(NC(=NC)NC2C3CCOC3C23CCC3)ccc1OC. The monoisotopic (exact) mass is 359 g/mol. The number of hydrogen-bond acceptors (Lipinski definition) is 4. The summed E-state index contributed by atoms with van der Waals surface area (Å²) in [6.07, 6.45) is 5.45. The molecule has 1 spiro atoms. The maximum atomic E-state index is 6.01. The Balaban J connectivity index is 1.46. The summed E-state index contributed by atoms with van der Waals surface area (Å²) < 4.78 is 17.0. The Hall–Kier alpha value is -1.95. The van der Waals surface area contributed by atoms with E-state index in [0.717, 1.165) is 36.2 Å². The van der Waals surface area contributed by atoms with Crippen LogP contribution in [0.1, 0.15) is 32.6 Å². The topological polar surface area (TPSA) is 64.1 Å². The largest absolute Gasteiger partial charge is 0.493 e. The number of benzene rings is 1. The zero-order valence-corrected chi connectivity index (χ0v) is 15.9. The Morgan fingerprint density at radius 3 is 2.85 bits per heavy atom. The van der Waals surface area contributed by atoms with Crippen LogP contribution in [0.15, 0.2) is 23.2 Å². The number of aliphatic imine (C=N–C) groups is 1. The van der Waals surface area contributed by atoms with Crippen LogP contribution in [0.3, 0.4) is 0 Å². The summed E-state index contributed by atoms with van der Waals surface area (Å²) in [7, 11) is 3.47. The Kier molecular flexibility index (Phi) is 4.69. The van der Waals surface area contributed by atoms with Crippen LogP contribution < -0.4 is 20.1 Å². The molecule has 2 N–H and O–H groups in total. The van der Waals surface area contributed by atoms with Crippen molar-refractivity contribution < 1.29 is 14.2 Å². The molecule has 3 fully saturated rings. The van der Waals surface area contributed by atoms with Crippen molar-refractivity contribution in [2.75, 3.05) is 32.7 Å². The first-order valence-corrected chi connectivity index (χ1v) is 9.64. The molecule has 0 radical (unpaired) electrons. The van der Waals surface area contributed by atoms with Crippen molar-refractivity contribution >= 4 is 11.6 Å². The van der Waals surface area contributed by atoms with E-state index >= 15 is 0 Å². The van der Waals surface area contributed by atoms with E-state index in [1.807, 2.05) is 32.2 Å². The molecule has 0 amide bonds. The highest BCUT2D eigenvalue weighted by molar-refractivity contribution is 5.94. The van der Waals surface area contributed by atoms with Gasteiger partial charge in [-0.25, -0.2) is 0 Å². The lowest BCUT2D eigenvalue weighted by atomic mass is 9.46. The molecule has 3 atom stereocenters. The number of hydrogen-bond donors (Lipinski definition) is 2. The fourth-order valence-electron chi connectivity index (χ4n) is 4.92. The number of nitrogens with one attached hydrogen (secondary N) is 2. The van der Waals surface area contributed by atoms with E-state index in [2.05, 4.69) is 15.6 Å². The second-order valence-corrected chi connectivity index (χ2v) is 7.45. The van der Waals surface area contributed by atoms with Gasteiger partial charge in [0.05, 0.1) is 19.8 Å². The first kappa shape index (κ1) is 17.5. The van der Waals surface area contributed by atoms with E-state index in [0.29, 0.717) is 30.1 Å². The van der Waals surface area contributed by atoms with Crippen LogP contribution in [0.4, 0.5) is 5.69 Å². The van der Waals surface area contributed by atoms with E-state index in [1.165, 1.54) is 19.3 Å². The van der Waals surface area contributed by atoms with E-state index in [1.54, 1.807) is 7.11 Å². The molecular weight excluding hydrogens is 330 g/mol. The molecule has 2 aliphatic carbocycles. The number of methoxy groups -OCH3 is 1. The van der Waals surface area contributed by atoms with Crippen molar-refractivity contribution in [3.63, 3.8) is 0 Å². The van der Waals surface area contributed by atoms with Gasteiger partial charge >= 0.3 is 0 Å². The summed E-state index contributed by atoms with van der Waals surface area (Å²) in [5.41, 5.74) is 1.26. The predicted molar refractivity (Wildman–Crippen MR) is 102 cm³/mol. The number of guanidine groups is 1. The van der Waals surface area contributed by atoms with Crippen molar-refractivity contribution in [3.8, 4) is 11.5 Å². The van der Waals surface area contributed by atoms with Crippen molar-refractivity contribution in [2.24, 2.45) is 16.3 Å². The molecule has 0 aromatic heterocycles. The number of rotatable bonds is 5. The lowest BCUT2D eigenvalue weighted by Crippen LogP contribution is -2.72. The van der Waals surface area contributed by atoms with Gasteiger partial charge in [-0.05, 0) is 38.3 Å². The minimum Gasteiger partial charge on any atom is -0.493 e. The molecule has 4 rings (SSSR count). The van der Waals surface area contributed by atoms with Crippen LogP contribution >= 0.6 is 0 Å².